The average molecular weight is 310 g/mol. The highest BCUT2D eigenvalue weighted by molar-refractivity contribution is 5.98. The van der Waals surface area contributed by atoms with Crippen LogP contribution in [0.3, 0.4) is 0 Å². The molecule has 0 spiro atoms. The number of hydrogen-bond acceptors (Lipinski definition) is 2. The molecule has 1 atom stereocenters. The summed E-state index contributed by atoms with van der Waals surface area (Å²) in [4.78, 5) is 17.2. The Hall–Kier alpha value is -1.87. The van der Waals surface area contributed by atoms with Crippen LogP contribution in [-0.2, 0) is 4.79 Å². The Morgan fingerprint density at radius 2 is 1.96 bits per heavy atom. The summed E-state index contributed by atoms with van der Waals surface area (Å²) in [6, 6.07) is 14.6. The second-order valence-electron chi connectivity index (χ2n) is 6.48. The van der Waals surface area contributed by atoms with E-state index >= 15 is 0 Å². The van der Waals surface area contributed by atoms with Crippen LogP contribution >= 0.6 is 0 Å². The predicted molar refractivity (Wildman–Crippen MR) is 96.9 cm³/mol. The molecule has 1 heterocycles. The van der Waals surface area contributed by atoms with Crippen LogP contribution in [0.1, 0.15) is 32.6 Å². The van der Waals surface area contributed by atoms with Gasteiger partial charge in [0.15, 0.2) is 0 Å². The number of piperidine rings is 1. The number of likely N-dealkylation sites (tertiary alicyclic amines) is 1. The highest BCUT2D eigenvalue weighted by atomic mass is 16.2. The van der Waals surface area contributed by atoms with Gasteiger partial charge >= 0.3 is 0 Å². The van der Waals surface area contributed by atoms with Gasteiger partial charge in [-0.15, -0.1) is 0 Å². The van der Waals surface area contributed by atoms with E-state index in [-0.39, 0.29) is 11.9 Å². The largest absolute Gasteiger partial charge is 0.314 e. The molecule has 3 nitrogen and oxygen atoms in total. The van der Waals surface area contributed by atoms with Crippen molar-refractivity contribution in [1.82, 2.24) is 4.90 Å². The van der Waals surface area contributed by atoms with Crippen LogP contribution in [0.5, 0.6) is 0 Å². The molecule has 1 aliphatic rings. The fourth-order valence-electron chi connectivity index (χ4n) is 3.56. The molecule has 1 aliphatic heterocycles. The van der Waals surface area contributed by atoms with Crippen molar-refractivity contribution in [2.24, 2.45) is 0 Å². The van der Waals surface area contributed by atoms with E-state index in [0.717, 1.165) is 38.0 Å². The van der Waals surface area contributed by atoms with Gasteiger partial charge in [0, 0.05) is 12.7 Å². The van der Waals surface area contributed by atoms with Crippen molar-refractivity contribution in [2.45, 2.75) is 38.6 Å². The van der Waals surface area contributed by atoms with Gasteiger partial charge in [0.05, 0.1) is 6.04 Å². The van der Waals surface area contributed by atoms with Crippen LogP contribution < -0.4 is 4.90 Å². The van der Waals surface area contributed by atoms with E-state index in [1.54, 1.807) is 0 Å². The first-order valence-corrected chi connectivity index (χ1v) is 8.71. The van der Waals surface area contributed by atoms with Crippen molar-refractivity contribution < 1.29 is 4.79 Å². The zero-order valence-corrected chi connectivity index (χ0v) is 14.2. The highest BCUT2D eigenvalue weighted by Gasteiger charge is 2.30. The second kappa shape index (κ2) is 7.14. The van der Waals surface area contributed by atoms with Crippen LogP contribution in [0, 0.1) is 0 Å². The Kier molecular flexibility index (Phi) is 4.97. The normalized spacial score (nSPS) is 19.0. The Morgan fingerprint density at radius 3 is 2.74 bits per heavy atom. The molecule has 0 N–H and O–H groups in total. The molecule has 3 heteroatoms. The van der Waals surface area contributed by atoms with E-state index < -0.39 is 0 Å². The maximum absolute atomic E-state index is 13.0. The van der Waals surface area contributed by atoms with Crippen molar-refractivity contribution in [1.29, 1.82) is 0 Å². The van der Waals surface area contributed by atoms with Gasteiger partial charge in [-0.2, -0.15) is 0 Å². The first kappa shape index (κ1) is 16.0. The lowest BCUT2D eigenvalue weighted by atomic mass is 10.00. The molecule has 23 heavy (non-hydrogen) atoms. The maximum Gasteiger partial charge on any atom is 0.244 e. The number of anilines is 1. The molecule has 0 aromatic heterocycles. The minimum Gasteiger partial charge on any atom is -0.314 e. The number of hydrogen-bond donors (Lipinski definition) is 0. The monoisotopic (exact) mass is 310 g/mol. The Morgan fingerprint density at radius 1 is 1.17 bits per heavy atom. The van der Waals surface area contributed by atoms with Gasteiger partial charge in [-0.25, -0.2) is 0 Å². The van der Waals surface area contributed by atoms with Gasteiger partial charge < -0.3 is 4.90 Å². The lowest BCUT2D eigenvalue weighted by molar-refractivity contribution is -0.124. The van der Waals surface area contributed by atoms with E-state index in [1.165, 1.54) is 17.2 Å². The molecule has 1 fully saturated rings. The number of nitrogens with zero attached hydrogens (tertiary/aromatic N) is 2. The molecular weight excluding hydrogens is 284 g/mol. The fraction of sp³-hybridized carbons (Fsp3) is 0.450. The summed E-state index contributed by atoms with van der Waals surface area (Å²) in [5.41, 5.74) is 0.982. The number of benzene rings is 2. The molecule has 2 aromatic carbocycles. The van der Waals surface area contributed by atoms with Crippen molar-refractivity contribution in [3.05, 3.63) is 42.5 Å². The molecule has 1 amide bonds. The Bertz CT molecular complexity index is 680. The Labute approximate surface area is 138 Å². The summed E-state index contributed by atoms with van der Waals surface area (Å²) in [7, 11) is 1.91. The zero-order valence-electron chi connectivity index (χ0n) is 14.2. The molecule has 0 radical (unpaired) electrons. The van der Waals surface area contributed by atoms with Crippen LogP contribution in [0.4, 0.5) is 5.69 Å². The smallest absolute Gasteiger partial charge is 0.244 e. The third kappa shape index (κ3) is 3.40. The molecule has 122 valence electrons. The summed E-state index contributed by atoms with van der Waals surface area (Å²) in [5, 5.41) is 2.39. The first-order valence-electron chi connectivity index (χ1n) is 8.71. The zero-order chi connectivity index (χ0) is 16.2. The van der Waals surface area contributed by atoms with Crippen molar-refractivity contribution in [3.63, 3.8) is 0 Å². The number of fused-ring (bicyclic) bond motifs is 1. The van der Waals surface area contributed by atoms with Gasteiger partial charge in [-0.05, 0) is 55.3 Å². The van der Waals surface area contributed by atoms with E-state index in [2.05, 4.69) is 36.1 Å². The molecule has 2 aromatic rings. The number of likely N-dealkylation sites (N-methyl/N-ethyl adjacent to an activating group) is 1. The van der Waals surface area contributed by atoms with E-state index in [4.69, 9.17) is 0 Å². The third-order valence-electron chi connectivity index (χ3n) is 4.86. The van der Waals surface area contributed by atoms with Gasteiger partial charge in [0.1, 0.15) is 0 Å². The SMILES string of the molecule is CCCN1CCCCC1C(=O)N(C)c1ccc2ccccc2c1. The van der Waals surface area contributed by atoms with E-state index in [9.17, 15) is 4.79 Å². The van der Waals surface area contributed by atoms with Crippen molar-refractivity contribution in [3.8, 4) is 0 Å². The molecule has 0 bridgehead atoms. The number of amides is 1. The van der Waals surface area contributed by atoms with Crippen LogP contribution in [0.25, 0.3) is 10.8 Å². The standard InChI is InChI=1S/C20H26N2O/c1-3-13-22-14-7-6-10-19(22)20(23)21(2)18-12-11-16-8-4-5-9-17(16)15-18/h4-5,8-9,11-12,15,19H,3,6-7,10,13-14H2,1-2H3. The Balaban J connectivity index is 1.82. The lowest BCUT2D eigenvalue weighted by Gasteiger charge is -2.36. The lowest BCUT2D eigenvalue weighted by Crippen LogP contribution is -2.50. The summed E-state index contributed by atoms with van der Waals surface area (Å²) in [5.74, 6) is 0.230. The van der Waals surface area contributed by atoms with Crippen LogP contribution in [-0.4, -0.2) is 37.0 Å². The summed E-state index contributed by atoms with van der Waals surface area (Å²) in [6.45, 7) is 4.25. The van der Waals surface area contributed by atoms with Gasteiger partial charge in [-0.3, -0.25) is 9.69 Å². The van der Waals surface area contributed by atoms with Crippen molar-refractivity contribution in [2.75, 3.05) is 25.0 Å². The minimum absolute atomic E-state index is 0.0418. The topological polar surface area (TPSA) is 23.6 Å². The average Bonchev–Trinajstić information content (AvgIpc) is 2.61. The van der Waals surface area contributed by atoms with Gasteiger partial charge in [0.2, 0.25) is 5.91 Å². The van der Waals surface area contributed by atoms with Crippen molar-refractivity contribution >= 4 is 22.4 Å². The van der Waals surface area contributed by atoms with Crippen LogP contribution in [0.2, 0.25) is 0 Å². The van der Waals surface area contributed by atoms with Gasteiger partial charge in [-0.1, -0.05) is 43.7 Å². The predicted octanol–water partition coefficient (Wildman–Crippen LogP) is 4.07. The number of carbonyl (C=O) groups is 1. The van der Waals surface area contributed by atoms with Crippen LogP contribution in [0.15, 0.2) is 42.5 Å². The van der Waals surface area contributed by atoms with E-state index in [1.807, 2.05) is 30.1 Å². The maximum atomic E-state index is 13.0. The molecule has 1 unspecified atom stereocenters. The number of rotatable bonds is 4. The summed E-state index contributed by atoms with van der Waals surface area (Å²) >= 11 is 0. The molecule has 0 aliphatic carbocycles. The highest BCUT2D eigenvalue weighted by Crippen LogP contribution is 2.25. The van der Waals surface area contributed by atoms with E-state index in [0.29, 0.717) is 0 Å². The first-order chi connectivity index (χ1) is 11.2. The fourth-order valence-corrected chi connectivity index (χ4v) is 3.56. The third-order valence-corrected chi connectivity index (χ3v) is 4.86. The molecular formula is C20H26N2O. The molecule has 1 saturated heterocycles. The minimum atomic E-state index is 0.0418. The quantitative estimate of drug-likeness (QED) is 0.850. The molecule has 3 rings (SSSR count). The molecule has 0 saturated carbocycles. The summed E-state index contributed by atoms with van der Waals surface area (Å²) in [6.07, 6.45) is 4.45. The second-order valence-corrected chi connectivity index (χ2v) is 6.48. The van der Waals surface area contributed by atoms with Gasteiger partial charge in [0.25, 0.3) is 0 Å². The summed E-state index contributed by atoms with van der Waals surface area (Å²) < 4.78 is 0. The number of carbonyl (C=O) groups excluding carboxylic acids is 1.